The van der Waals surface area contributed by atoms with Gasteiger partial charge in [-0.05, 0) is 44.0 Å². The lowest BCUT2D eigenvalue weighted by Crippen LogP contribution is -2.37. The first-order valence-corrected chi connectivity index (χ1v) is 9.18. The zero-order valence-corrected chi connectivity index (χ0v) is 15.6. The number of ether oxygens (including phenoxy) is 1. The van der Waals surface area contributed by atoms with Gasteiger partial charge >= 0.3 is 5.97 Å². The van der Waals surface area contributed by atoms with Crippen LogP contribution in [0.1, 0.15) is 19.8 Å². The average molecular weight is 379 g/mol. The molecule has 132 valence electrons. The molecule has 1 aromatic carbocycles. The number of piperidine rings is 1. The third-order valence-electron chi connectivity index (χ3n) is 4.39. The predicted octanol–water partition coefficient (Wildman–Crippen LogP) is 4.83. The summed E-state index contributed by atoms with van der Waals surface area (Å²) in [6.07, 6.45) is 1.58. The molecule has 0 radical (unpaired) electrons. The van der Waals surface area contributed by atoms with E-state index in [1.807, 2.05) is 37.3 Å². The van der Waals surface area contributed by atoms with Crippen molar-refractivity contribution >= 4 is 35.0 Å². The monoisotopic (exact) mass is 378 g/mol. The van der Waals surface area contributed by atoms with Crippen molar-refractivity contribution < 1.29 is 9.53 Å². The Hall–Kier alpha value is -1.78. The zero-order chi connectivity index (χ0) is 17.8. The van der Waals surface area contributed by atoms with Gasteiger partial charge < -0.3 is 9.64 Å². The molecule has 0 atom stereocenters. The van der Waals surface area contributed by atoms with E-state index >= 15 is 0 Å². The molecule has 4 nitrogen and oxygen atoms in total. The first-order valence-electron chi connectivity index (χ1n) is 8.42. The Morgan fingerprint density at radius 1 is 1.20 bits per heavy atom. The topological polar surface area (TPSA) is 42.4 Å². The summed E-state index contributed by atoms with van der Waals surface area (Å²) < 4.78 is 5.12. The fourth-order valence-corrected chi connectivity index (χ4v) is 3.32. The van der Waals surface area contributed by atoms with Crippen molar-refractivity contribution in [3.63, 3.8) is 0 Å². The number of rotatable bonds is 4. The summed E-state index contributed by atoms with van der Waals surface area (Å²) >= 11 is 12.1. The van der Waals surface area contributed by atoms with Gasteiger partial charge in [-0.15, -0.1) is 0 Å². The van der Waals surface area contributed by atoms with Crippen LogP contribution < -0.4 is 4.90 Å². The van der Waals surface area contributed by atoms with E-state index in [1.54, 1.807) is 6.07 Å². The highest BCUT2D eigenvalue weighted by Gasteiger charge is 2.26. The molecule has 0 spiro atoms. The first-order chi connectivity index (χ1) is 12.1. The van der Waals surface area contributed by atoms with Gasteiger partial charge in [0.1, 0.15) is 5.82 Å². The minimum atomic E-state index is -0.0836. The molecule has 6 heteroatoms. The number of hydrogen-bond donors (Lipinski definition) is 0. The van der Waals surface area contributed by atoms with Crippen molar-refractivity contribution in [2.45, 2.75) is 19.8 Å². The molecule has 1 aliphatic rings. The van der Waals surface area contributed by atoms with E-state index in [-0.39, 0.29) is 11.9 Å². The lowest BCUT2D eigenvalue weighted by Gasteiger charge is -2.31. The summed E-state index contributed by atoms with van der Waals surface area (Å²) in [6.45, 7) is 3.86. The minimum absolute atomic E-state index is 0.00513. The highest BCUT2D eigenvalue weighted by atomic mass is 35.5. The van der Waals surface area contributed by atoms with E-state index in [1.165, 1.54) is 0 Å². The predicted molar refractivity (Wildman–Crippen MR) is 101 cm³/mol. The van der Waals surface area contributed by atoms with E-state index in [2.05, 4.69) is 4.90 Å². The van der Waals surface area contributed by atoms with Crippen molar-refractivity contribution in [2.75, 3.05) is 24.6 Å². The van der Waals surface area contributed by atoms with Gasteiger partial charge in [-0.3, -0.25) is 4.79 Å². The number of hydrogen-bond acceptors (Lipinski definition) is 4. The van der Waals surface area contributed by atoms with Gasteiger partial charge in [-0.2, -0.15) is 0 Å². The molecule has 2 aromatic rings. The third-order valence-corrected chi connectivity index (χ3v) is 5.13. The van der Waals surface area contributed by atoms with Crippen molar-refractivity contribution in [2.24, 2.45) is 5.92 Å². The van der Waals surface area contributed by atoms with Crippen LogP contribution in [0.15, 0.2) is 36.4 Å². The molecule has 0 aliphatic carbocycles. The van der Waals surface area contributed by atoms with Gasteiger partial charge in [0.2, 0.25) is 0 Å². The summed E-state index contributed by atoms with van der Waals surface area (Å²) in [7, 11) is 0. The van der Waals surface area contributed by atoms with E-state index in [4.69, 9.17) is 32.9 Å². The fraction of sp³-hybridized carbons (Fsp3) is 0.368. The maximum atomic E-state index is 11.9. The number of pyridine rings is 1. The van der Waals surface area contributed by atoms with Crippen LogP contribution in [0.4, 0.5) is 5.82 Å². The number of esters is 1. The summed E-state index contributed by atoms with van der Waals surface area (Å²) in [4.78, 5) is 18.8. The van der Waals surface area contributed by atoms with Gasteiger partial charge in [0, 0.05) is 18.7 Å². The second-order valence-electron chi connectivity index (χ2n) is 6.02. The summed E-state index contributed by atoms with van der Waals surface area (Å²) in [5.74, 6) is 0.819. The molecule has 1 aromatic heterocycles. The van der Waals surface area contributed by atoms with Gasteiger partial charge in [0.05, 0.1) is 28.3 Å². The number of anilines is 1. The molecule has 0 amide bonds. The Labute approximate surface area is 157 Å². The second kappa shape index (κ2) is 8.07. The number of carbonyl (C=O) groups excluding carboxylic acids is 1. The van der Waals surface area contributed by atoms with Gasteiger partial charge in [0.15, 0.2) is 0 Å². The van der Waals surface area contributed by atoms with Gasteiger partial charge in [-0.25, -0.2) is 4.98 Å². The normalized spacial score (nSPS) is 15.2. The average Bonchev–Trinajstić information content (AvgIpc) is 2.64. The Balaban J connectivity index is 1.72. The Kier molecular flexibility index (Phi) is 5.82. The standard InChI is InChI=1S/C19H20Cl2N2O2/c1-2-25-19(24)13-8-10-23(11-9-13)18-5-3-4-17(22-18)14-6-7-15(20)16(21)12-14/h3-7,12-13H,2,8-11H2,1H3. The summed E-state index contributed by atoms with van der Waals surface area (Å²) in [5, 5.41) is 1.05. The van der Waals surface area contributed by atoms with E-state index in [9.17, 15) is 4.79 Å². The molecule has 0 saturated carbocycles. The molecule has 2 heterocycles. The van der Waals surface area contributed by atoms with Crippen LogP contribution in [0.3, 0.4) is 0 Å². The smallest absolute Gasteiger partial charge is 0.309 e. The highest BCUT2D eigenvalue weighted by molar-refractivity contribution is 6.42. The summed E-state index contributed by atoms with van der Waals surface area (Å²) in [6, 6.07) is 11.4. The summed E-state index contributed by atoms with van der Waals surface area (Å²) in [5.41, 5.74) is 1.78. The number of nitrogens with zero attached hydrogens (tertiary/aromatic N) is 2. The maximum Gasteiger partial charge on any atom is 0.309 e. The van der Waals surface area contributed by atoms with Crippen LogP contribution >= 0.6 is 23.2 Å². The molecule has 1 saturated heterocycles. The van der Waals surface area contributed by atoms with E-state index in [0.717, 1.165) is 43.0 Å². The minimum Gasteiger partial charge on any atom is -0.466 e. The van der Waals surface area contributed by atoms with Crippen LogP contribution in [0.25, 0.3) is 11.3 Å². The van der Waals surface area contributed by atoms with Gasteiger partial charge in [0.25, 0.3) is 0 Å². The fourth-order valence-electron chi connectivity index (χ4n) is 3.02. The van der Waals surface area contributed by atoms with Crippen LogP contribution in [0.5, 0.6) is 0 Å². The lowest BCUT2D eigenvalue weighted by atomic mass is 9.97. The Bertz CT molecular complexity index is 759. The van der Waals surface area contributed by atoms with Crippen molar-refractivity contribution in [1.82, 2.24) is 4.98 Å². The molecule has 1 fully saturated rings. The van der Waals surface area contributed by atoms with Gasteiger partial charge in [-0.1, -0.05) is 35.3 Å². The quantitative estimate of drug-likeness (QED) is 0.714. The maximum absolute atomic E-state index is 11.9. The number of benzene rings is 1. The Morgan fingerprint density at radius 2 is 1.96 bits per heavy atom. The first kappa shape index (κ1) is 18.0. The molecule has 1 aliphatic heterocycles. The largest absolute Gasteiger partial charge is 0.466 e. The molecule has 3 rings (SSSR count). The number of halogens is 2. The molecule has 0 bridgehead atoms. The molecular formula is C19H20Cl2N2O2. The van der Waals surface area contributed by atoms with E-state index < -0.39 is 0 Å². The van der Waals surface area contributed by atoms with Crippen molar-refractivity contribution in [3.05, 3.63) is 46.4 Å². The SMILES string of the molecule is CCOC(=O)C1CCN(c2cccc(-c3ccc(Cl)c(Cl)c3)n2)CC1. The van der Waals surface area contributed by atoms with Crippen LogP contribution in [0, 0.1) is 5.92 Å². The number of aromatic nitrogens is 1. The number of carbonyl (C=O) groups is 1. The zero-order valence-electron chi connectivity index (χ0n) is 14.0. The molecule has 0 unspecified atom stereocenters. The van der Waals surface area contributed by atoms with Crippen LogP contribution in [0.2, 0.25) is 10.0 Å². The third kappa shape index (κ3) is 4.25. The second-order valence-corrected chi connectivity index (χ2v) is 6.84. The molecule has 0 N–H and O–H groups in total. The highest BCUT2D eigenvalue weighted by Crippen LogP contribution is 2.29. The van der Waals surface area contributed by atoms with Crippen LogP contribution in [-0.2, 0) is 9.53 Å². The molecular weight excluding hydrogens is 359 g/mol. The van der Waals surface area contributed by atoms with Crippen molar-refractivity contribution in [1.29, 1.82) is 0 Å². The molecule has 25 heavy (non-hydrogen) atoms. The Morgan fingerprint density at radius 3 is 2.64 bits per heavy atom. The van der Waals surface area contributed by atoms with Crippen LogP contribution in [-0.4, -0.2) is 30.6 Å². The van der Waals surface area contributed by atoms with Crippen molar-refractivity contribution in [3.8, 4) is 11.3 Å². The van der Waals surface area contributed by atoms with E-state index in [0.29, 0.717) is 16.7 Å². The lowest BCUT2D eigenvalue weighted by molar-refractivity contribution is -0.148.